The third kappa shape index (κ3) is 2.96. The first-order valence-electron chi connectivity index (χ1n) is 5.87. The van der Waals surface area contributed by atoms with Crippen LogP contribution in [-0.2, 0) is 4.79 Å². The molecule has 1 amide bonds. The zero-order valence-electron chi connectivity index (χ0n) is 10.2. The van der Waals surface area contributed by atoms with E-state index in [0.29, 0.717) is 10.9 Å². The molecular formula is C10H17N5OS. The van der Waals surface area contributed by atoms with Gasteiger partial charge in [0.15, 0.2) is 0 Å². The van der Waals surface area contributed by atoms with E-state index in [1.54, 1.807) is 4.68 Å². The molecule has 1 aromatic rings. The van der Waals surface area contributed by atoms with Crippen molar-refractivity contribution < 1.29 is 4.79 Å². The van der Waals surface area contributed by atoms with Crippen LogP contribution in [0.5, 0.6) is 0 Å². The Labute approximate surface area is 105 Å². The average molecular weight is 255 g/mol. The number of thioether (sulfide) groups is 1. The lowest BCUT2D eigenvalue weighted by molar-refractivity contribution is -0.127. The van der Waals surface area contributed by atoms with Gasteiger partial charge in [-0.3, -0.25) is 4.79 Å². The molecule has 0 aromatic carbocycles. The highest BCUT2D eigenvalue weighted by atomic mass is 32.2. The Morgan fingerprint density at radius 1 is 1.41 bits per heavy atom. The first-order chi connectivity index (χ1) is 8.18. The second-order valence-electron chi connectivity index (χ2n) is 4.38. The quantitative estimate of drug-likeness (QED) is 0.750. The van der Waals surface area contributed by atoms with Crippen molar-refractivity contribution in [2.75, 3.05) is 18.8 Å². The lowest BCUT2D eigenvalue weighted by Gasteiger charge is -2.14. The summed E-state index contributed by atoms with van der Waals surface area (Å²) in [6.45, 7) is 5.83. The monoisotopic (exact) mass is 255 g/mol. The number of hydrogen-bond donors (Lipinski definition) is 0. The number of tetrazole rings is 1. The third-order valence-electron chi connectivity index (χ3n) is 2.74. The van der Waals surface area contributed by atoms with Crippen LogP contribution in [-0.4, -0.2) is 49.9 Å². The van der Waals surface area contributed by atoms with E-state index < -0.39 is 0 Å². The van der Waals surface area contributed by atoms with Crippen LogP contribution in [0.3, 0.4) is 0 Å². The lowest BCUT2D eigenvalue weighted by Crippen LogP contribution is -2.29. The van der Waals surface area contributed by atoms with Gasteiger partial charge < -0.3 is 4.90 Å². The Morgan fingerprint density at radius 2 is 2.12 bits per heavy atom. The molecule has 0 radical (unpaired) electrons. The van der Waals surface area contributed by atoms with Crippen LogP contribution in [0, 0.1) is 0 Å². The molecule has 1 aliphatic heterocycles. The SMILES string of the molecule is CC(C)n1nnnc1SCC(=O)N1CCCC1. The Hall–Kier alpha value is -1.11. The molecule has 2 rings (SSSR count). The van der Waals surface area contributed by atoms with Crippen molar-refractivity contribution in [1.29, 1.82) is 0 Å². The second kappa shape index (κ2) is 5.48. The number of aromatic nitrogens is 4. The molecule has 94 valence electrons. The predicted octanol–water partition coefficient (Wildman–Crippen LogP) is 0.969. The van der Waals surface area contributed by atoms with Crippen molar-refractivity contribution in [3.8, 4) is 0 Å². The molecule has 7 heteroatoms. The Bertz CT molecular complexity index is 386. The number of hydrogen-bond acceptors (Lipinski definition) is 5. The predicted molar refractivity (Wildman–Crippen MR) is 64.7 cm³/mol. The van der Waals surface area contributed by atoms with Crippen LogP contribution in [0.1, 0.15) is 32.7 Å². The highest BCUT2D eigenvalue weighted by molar-refractivity contribution is 7.99. The normalized spacial score (nSPS) is 15.8. The van der Waals surface area contributed by atoms with Gasteiger partial charge in [-0.25, -0.2) is 4.68 Å². The van der Waals surface area contributed by atoms with Crippen molar-refractivity contribution in [2.45, 2.75) is 37.9 Å². The molecule has 2 heterocycles. The number of nitrogens with zero attached hydrogens (tertiary/aromatic N) is 5. The van der Waals surface area contributed by atoms with E-state index in [0.717, 1.165) is 25.9 Å². The number of carbonyl (C=O) groups excluding carboxylic acids is 1. The maximum Gasteiger partial charge on any atom is 0.233 e. The molecule has 17 heavy (non-hydrogen) atoms. The molecule has 0 N–H and O–H groups in total. The largest absolute Gasteiger partial charge is 0.342 e. The average Bonchev–Trinajstić information content (AvgIpc) is 2.96. The minimum absolute atomic E-state index is 0.186. The van der Waals surface area contributed by atoms with E-state index in [9.17, 15) is 4.79 Å². The van der Waals surface area contributed by atoms with Crippen molar-refractivity contribution in [1.82, 2.24) is 25.1 Å². The molecule has 0 saturated carbocycles. The highest BCUT2D eigenvalue weighted by Crippen LogP contribution is 2.18. The number of amides is 1. The molecule has 1 fully saturated rings. The van der Waals surface area contributed by atoms with Crippen LogP contribution >= 0.6 is 11.8 Å². The summed E-state index contributed by atoms with van der Waals surface area (Å²) in [5.41, 5.74) is 0. The fourth-order valence-corrected chi connectivity index (χ4v) is 2.70. The van der Waals surface area contributed by atoms with Gasteiger partial charge in [-0.15, -0.1) is 5.10 Å². The van der Waals surface area contributed by atoms with Gasteiger partial charge in [0.1, 0.15) is 0 Å². The summed E-state index contributed by atoms with van der Waals surface area (Å²) < 4.78 is 1.74. The van der Waals surface area contributed by atoms with Gasteiger partial charge in [-0.1, -0.05) is 11.8 Å². The fraction of sp³-hybridized carbons (Fsp3) is 0.800. The first kappa shape index (κ1) is 12.3. The Kier molecular flexibility index (Phi) is 3.98. The topological polar surface area (TPSA) is 63.9 Å². The lowest BCUT2D eigenvalue weighted by atomic mass is 10.4. The highest BCUT2D eigenvalue weighted by Gasteiger charge is 2.19. The van der Waals surface area contributed by atoms with Crippen LogP contribution < -0.4 is 0 Å². The van der Waals surface area contributed by atoms with Crippen molar-refractivity contribution >= 4 is 17.7 Å². The standard InChI is InChI=1S/C10H17N5OS/c1-8(2)15-10(11-12-13-15)17-7-9(16)14-5-3-4-6-14/h8H,3-7H2,1-2H3. The molecule has 0 atom stereocenters. The molecule has 1 aromatic heterocycles. The Morgan fingerprint density at radius 3 is 2.76 bits per heavy atom. The van der Waals surface area contributed by atoms with Crippen LogP contribution in [0.25, 0.3) is 0 Å². The molecule has 0 aliphatic carbocycles. The van der Waals surface area contributed by atoms with E-state index >= 15 is 0 Å². The summed E-state index contributed by atoms with van der Waals surface area (Å²) in [5, 5.41) is 12.2. The van der Waals surface area contributed by atoms with Gasteiger partial charge in [0.25, 0.3) is 0 Å². The Balaban J connectivity index is 1.88. The van der Waals surface area contributed by atoms with E-state index in [-0.39, 0.29) is 11.9 Å². The molecular weight excluding hydrogens is 238 g/mol. The van der Waals surface area contributed by atoms with Gasteiger partial charge in [0.2, 0.25) is 11.1 Å². The zero-order valence-corrected chi connectivity index (χ0v) is 11.0. The van der Waals surface area contributed by atoms with Gasteiger partial charge in [0.05, 0.1) is 11.8 Å². The number of rotatable bonds is 4. The van der Waals surface area contributed by atoms with Crippen molar-refractivity contribution in [3.05, 3.63) is 0 Å². The van der Waals surface area contributed by atoms with Crippen LogP contribution in [0.4, 0.5) is 0 Å². The van der Waals surface area contributed by atoms with Crippen LogP contribution in [0.2, 0.25) is 0 Å². The molecule has 0 spiro atoms. The van der Waals surface area contributed by atoms with Gasteiger partial charge >= 0.3 is 0 Å². The third-order valence-corrected chi connectivity index (χ3v) is 3.65. The summed E-state index contributed by atoms with van der Waals surface area (Å²) in [5.74, 6) is 0.610. The minimum atomic E-state index is 0.186. The van der Waals surface area contributed by atoms with Crippen LogP contribution in [0.15, 0.2) is 5.16 Å². The fourth-order valence-electron chi connectivity index (χ4n) is 1.79. The zero-order chi connectivity index (χ0) is 12.3. The van der Waals surface area contributed by atoms with E-state index in [2.05, 4.69) is 15.5 Å². The number of carbonyl (C=O) groups is 1. The van der Waals surface area contributed by atoms with Gasteiger partial charge in [-0.05, 0) is 37.1 Å². The summed E-state index contributed by atoms with van der Waals surface area (Å²) in [4.78, 5) is 13.8. The van der Waals surface area contributed by atoms with Crippen molar-refractivity contribution in [3.63, 3.8) is 0 Å². The first-order valence-corrected chi connectivity index (χ1v) is 6.85. The maximum atomic E-state index is 11.8. The summed E-state index contributed by atoms with van der Waals surface area (Å²) in [7, 11) is 0. The summed E-state index contributed by atoms with van der Waals surface area (Å²) >= 11 is 1.41. The summed E-state index contributed by atoms with van der Waals surface area (Å²) in [6, 6.07) is 0.217. The molecule has 6 nitrogen and oxygen atoms in total. The van der Waals surface area contributed by atoms with Crippen molar-refractivity contribution in [2.24, 2.45) is 0 Å². The molecule has 0 bridgehead atoms. The van der Waals surface area contributed by atoms with E-state index in [1.165, 1.54) is 11.8 Å². The molecule has 1 saturated heterocycles. The minimum Gasteiger partial charge on any atom is -0.342 e. The number of likely N-dealkylation sites (tertiary alicyclic amines) is 1. The van der Waals surface area contributed by atoms with E-state index in [4.69, 9.17) is 0 Å². The van der Waals surface area contributed by atoms with E-state index in [1.807, 2.05) is 18.7 Å². The van der Waals surface area contributed by atoms with Gasteiger partial charge in [-0.2, -0.15) is 0 Å². The smallest absolute Gasteiger partial charge is 0.233 e. The molecule has 1 aliphatic rings. The van der Waals surface area contributed by atoms with Gasteiger partial charge in [0, 0.05) is 13.1 Å². The second-order valence-corrected chi connectivity index (χ2v) is 5.32. The molecule has 0 unspecified atom stereocenters. The summed E-state index contributed by atoms with van der Waals surface area (Å²) in [6.07, 6.45) is 2.25. The maximum absolute atomic E-state index is 11.8.